The Morgan fingerprint density at radius 2 is 1.96 bits per heavy atom. The fraction of sp³-hybridized carbons (Fsp3) is 0.250. The number of aromatic nitrogens is 1. The predicted molar refractivity (Wildman–Crippen MR) is 104 cm³/mol. The summed E-state index contributed by atoms with van der Waals surface area (Å²) in [4.78, 5) is 27.6. The number of aliphatic carboxylic acids is 1. The maximum atomic E-state index is 12.2. The molecule has 1 atom stereocenters. The third-order valence-corrected chi connectivity index (χ3v) is 4.95. The summed E-state index contributed by atoms with van der Waals surface area (Å²) in [5.74, 6) is 0.104. The monoisotopic (exact) mass is 384 g/mol. The standard InChI is InChI=1S/C20H20N2O4S/c1-12(20(24)25)9-14-4-6-15(7-5-14)21-18(23)10-16-11-27-19(22-16)17-8-3-13(2)26-17/h3-8,11-12H,9-10H2,1-2H3,(H,21,23)(H,24,25). The van der Waals surface area contributed by atoms with Gasteiger partial charge in [0.05, 0.1) is 18.0 Å². The number of furan rings is 1. The Kier molecular flexibility index (Phi) is 5.71. The molecule has 0 spiro atoms. The fourth-order valence-electron chi connectivity index (χ4n) is 2.59. The Labute approximate surface area is 160 Å². The van der Waals surface area contributed by atoms with Gasteiger partial charge in [-0.2, -0.15) is 0 Å². The predicted octanol–water partition coefficient (Wildman–Crippen LogP) is 4.16. The molecule has 0 aliphatic heterocycles. The normalized spacial score (nSPS) is 11.9. The molecule has 0 fully saturated rings. The molecule has 0 saturated heterocycles. The molecule has 2 N–H and O–H groups in total. The number of carbonyl (C=O) groups is 2. The van der Waals surface area contributed by atoms with Crippen molar-refractivity contribution < 1.29 is 19.1 Å². The number of carboxylic acid groups (broad SMARTS) is 1. The lowest BCUT2D eigenvalue weighted by Gasteiger charge is -2.08. The maximum Gasteiger partial charge on any atom is 0.306 e. The first-order valence-electron chi connectivity index (χ1n) is 8.53. The number of hydrogen-bond donors (Lipinski definition) is 2. The van der Waals surface area contributed by atoms with Crippen molar-refractivity contribution in [3.63, 3.8) is 0 Å². The van der Waals surface area contributed by atoms with Crippen LogP contribution in [0.5, 0.6) is 0 Å². The summed E-state index contributed by atoms with van der Waals surface area (Å²) in [6.45, 7) is 3.54. The van der Waals surface area contributed by atoms with Gasteiger partial charge in [0.1, 0.15) is 5.76 Å². The van der Waals surface area contributed by atoms with Crippen LogP contribution in [0.1, 0.15) is 23.9 Å². The smallest absolute Gasteiger partial charge is 0.306 e. The molecule has 0 saturated carbocycles. The highest BCUT2D eigenvalue weighted by atomic mass is 32.1. The number of carbonyl (C=O) groups excluding carboxylic acids is 1. The number of hydrogen-bond acceptors (Lipinski definition) is 5. The van der Waals surface area contributed by atoms with E-state index < -0.39 is 11.9 Å². The molecule has 0 radical (unpaired) electrons. The zero-order valence-electron chi connectivity index (χ0n) is 15.1. The lowest BCUT2D eigenvalue weighted by atomic mass is 10.0. The molecule has 6 nitrogen and oxygen atoms in total. The van der Waals surface area contributed by atoms with E-state index in [1.165, 1.54) is 11.3 Å². The highest BCUT2D eigenvalue weighted by Gasteiger charge is 2.13. The molecule has 2 heterocycles. The van der Waals surface area contributed by atoms with Gasteiger partial charge in [-0.05, 0) is 43.2 Å². The summed E-state index contributed by atoms with van der Waals surface area (Å²) in [7, 11) is 0. The van der Waals surface area contributed by atoms with E-state index in [0.717, 1.165) is 16.3 Å². The van der Waals surface area contributed by atoms with Gasteiger partial charge in [0.2, 0.25) is 5.91 Å². The van der Waals surface area contributed by atoms with E-state index in [2.05, 4.69) is 10.3 Å². The Morgan fingerprint density at radius 3 is 2.59 bits per heavy atom. The van der Waals surface area contributed by atoms with Crippen molar-refractivity contribution in [2.75, 3.05) is 5.32 Å². The number of nitrogens with one attached hydrogen (secondary N) is 1. The van der Waals surface area contributed by atoms with Gasteiger partial charge in [0, 0.05) is 11.1 Å². The van der Waals surface area contributed by atoms with Gasteiger partial charge < -0.3 is 14.8 Å². The SMILES string of the molecule is Cc1ccc(-c2nc(CC(=O)Nc3ccc(CC(C)C(=O)O)cc3)cs2)o1. The summed E-state index contributed by atoms with van der Waals surface area (Å²) in [6.07, 6.45) is 0.630. The van der Waals surface area contributed by atoms with Gasteiger partial charge in [-0.1, -0.05) is 19.1 Å². The van der Waals surface area contributed by atoms with E-state index in [1.807, 2.05) is 36.6 Å². The molecule has 0 bridgehead atoms. The zero-order valence-corrected chi connectivity index (χ0v) is 15.9. The first-order chi connectivity index (χ1) is 12.9. The summed E-state index contributed by atoms with van der Waals surface area (Å²) >= 11 is 1.44. The number of anilines is 1. The summed E-state index contributed by atoms with van der Waals surface area (Å²) in [5.41, 5.74) is 2.28. The van der Waals surface area contributed by atoms with Gasteiger partial charge >= 0.3 is 5.97 Å². The number of thiazole rings is 1. The van der Waals surface area contributed by atoms with Crippen LogP contribution in [-0.4, -0.2) is 22.0 Å². The molecule has 3 rings (SSSR count). The topological polar surface area (TPSA) is 92.4 Å². The molecule has 27 heavy (non-hydrogen) atoms. The molecule has 1 unspecified atom stereocenters. The number of benzene rings is 1. The highest BCUT2D eigenvalue weighted by Crippen LogP contribution is 2.25. The van der Waals surface area contributed by atoms with Crippen molar-refractivity contribution in [1.82, 2.24) is 4.98 Å². The molecule has 0 aliphatic rings. The van der Waals surface area contributed by atoms with Crippen LogP contribution < -0.4 is 5.32 Å². The summed E-state index contributed by atoms with van der Waals surface area (Å²) < 4.78 is 5.55. The number of carboxylic acids is 1. The average Bonchev–Trinajstić information content (AvgIpc) is 3.25. The largest absolute Gasteiger partial charge is 0.481 e. The molecule has 2 aromatic heterocycles. The Bertz CT molecular complexity index is 943. The van der Waals surface area contributed by atoms with E-state index >= 15 is 0 Å². The van der Waals surface area contributed by atoms with Crippen molar-refractivity contribution in [3.8, 4) is 10.8 Å². The van der Waals surface area contributed by atoms with Crippen molar-refractivity contribution in [2.24, 2.45) is 5.92 Å². The van der Waals surface area contributed by atoms with Crippen LogP contribution in [0.25, 0.3) is 10.8 Å². The van der Waals surface area contributed by atoms with Crippen molar-refractivity contribution in [3.05, 3.63) is 58.8 Å². The van der Waals surface area contributed by atoms with Gasteiger partial charge in [-0.15, -0.1) is 11.3 Å². The van der Waals surface area contributed by atoms with Gasteiger partial charge in [0.25, 0.3) is 0 Å². The summed E-state index contributed by atoms with van der Waals surface area (Å²) in [5, 5.41) is 14.4. The van der Waals surface area contributed by atoms with E-state index in [-0.39, 0.29) is 12.3 Å². The number of nitrogens with zero attached hydrogens (tertiary/aromatic N) is 1. The Balaban J connectivity index is 1.56. The molecule has 1 amide bonds. The lowest BCUT2D eigenvalue weighted by Crippen LogP contribution is -2.15. The van der Waals surface area contributed by atoms with Gasteiger partial charge in [-0.3, -0.25) is 9.59 Å². The molecule has 1 aromatic carbocycles. The second kappa shape index (κ2) is 8.18. The maximum absolute atomic E-state index is 12.2. The quantitative estimate of drug-likeness (QED) is 0.638. The molecular formula is C20H20N2O4S. The van der Waals surface area contributed by atoms with Gasteiger partial charge in [-0.25, -0.2) is 4.98 Å². The van der Waals surface area contributed by atoms with Crippen LogP contribution >= 0.6 is 11.3 Å². The highest BCUT2D eigenvalue weighted by molar-refractivity contribution is 7.13. The lowest BCUT2D eigenvalue weighted by molar-refractivity contribution is -0.141. The second-order valence-electron chi connectivity index (χ2n) is 6.42. The third-order valence-electron chi connectivity index (χ3n) is 4.05. The Hall–Kier alpha value is -2.93. The van der Waals surface area contributed by atoms with E-state index in [4.69, 9.17) is 9.52 Å². The van der Waals surface area contributed by atoms with Crippen molar-refractivity contribution in [1.29, 1.82) is 0 Å². The van der Waals surface area contributed by atoms with Crippen LogP contribution in [0, 0.1) is 12.8 Å². The van der Waals surface area contributed by atoms with Crippen molar-refractivity contribution in [2.45, 2.75) is 26.7 Å². The van der Waals surface area contributed by atoms with Crippen LogP contribution in [-0.2, 0) is 22.4 Å². The molecule has 140 valence electrons. The van der Waals surface area contributed by atoms with Crippen LogP contribution in [0.15, 0.2) is 46.2 Å². The number of amides is 1. The minimum absolute atomic E-state index is 0.158. The molecule has 0 aliphatic carbocycles. The second-order valence-corrected chi connectivity index (χ2v) is 7.28. The van der Waals surface area contributed by atoms with Gasteiger partial charge in [0.15, 0.2) is 10.8 Å². The Morgan fingerprint density at radius 1 is 1.22 bits per heavy atom. The van der Waals surface area contributed by atoms with E-state index in [0.29, 0.717) is 23.6 Å². The average molecular weight is 384 g/mol. The minimum Gasteiger partial charge on any atom is -0.481 e. The third kappa shape index (κ3) is 5.04. The number of rotatable bonds is 7. The molecule has 3 aromatic rings. The van der Waals surface area contributed by atoms with Crippen LogP contribution in [0.3, 0.4) is 0 Å². The zero-order chi connectivity index (χ0) is 19.4. The van der Waals surface area contributed by atoms with E-state index in [9.17, 15) is 9.59 Å². The minimum atomic E-state index is -0.820. The van der Waals surface area contributed by atoms with Crippen LogP contribution in [0.4, 0.5) is 5.69 Å². The van der Waals surface area contributed by atoms with Crippen LogP contribution in [0.2, 0.25) is 0 Å². The molecular weight excluding hydrogens is 364 g/mol. The fourth-order valence-corrected chi connectivity index (χ4v) is 3.37. The first-order valence-corrected chi connectivity index (χ1v) is 9.41. The first kappa shape index (κ1) is 18.8. The van der Waals surface area contributed by atoms with Crippen molar-refractivity contribution >= 4 is 28.9 Å². The molecule has 7 heteroatoms. The van der Waals surface area contributed by atoms with E-state index in [1.54, 1.807) is 19.1 Å². The summed E-state index contributed by atoms with van der Waals surface area (Å²) in [6, 6.07) is 11.0. The number of aryl methyl sites for hydroxylation is 1.